The first kappa shape index (κ1) is 20.7. The molecule has 0 N–H and O–H groups in total. The van der Waals surface area contributed by atoms with Gasteiger partial charge < -0.3 is 14.5 Å². The Kier molecular flexibility index (Phi) is 6.53. The van der Waals surface area contributed by atoms with E-state index in [9.17, 15) is 9.59 Å². The Balaban J connectivity index is 1.32. The van der Waals surface area contributed by atoms with E-state index in [2.05, 4.69) is 4.90 Å². The third-order valence-electron chi connectivity index (χ3n) is 6.27. The fraction of sp³-hybridized carbons (Fsp3) is 0.500. The second-order valence-electron chi connectivity index (χ2n) is 8.29. The molecule has 160 valence electrons. The summed E-state index contributed by atoms with van der Waals surface area (Å²) in [6.07, 6.45) is 4.69. The lowest BCUT2D eigenvalue weighted by atomic mass is 10.1. The fourth-order valence-corrected chi connectivity index (χ4v) is 4.39. The van der Waals surface area contributed by atoms with Crippen molar-refractivity contribution in [1.82, 2.24) is 14.7 Å². The topological polar surface area (TPSA) is 53.1 Å². The standard InChI is InChI=1S/C24H31N3O3/c1-30-22-9-8-19-16-21(7-6-20(19)17-22)24(29)27-14-12-25(13-15-27)18-23(28)26-10-4-2-3-5-11-26/h6-9,16-17H,2-5,10-15,18H2,1H3. The molecule has 0 unspecified atom stereocenters. The van der Waals surface area contributed by atoms with Crippen LogP contribution >= 0.6 is 0 Å². The van der Waals surface area contributed by atoms with Crippen LogP contribution in [0.2, 0.25) is 0 Å². The molecule has 0 bridgehead atoms. The molecule has 0 radical (unpaired) electrons. The average molecular weight is 410 g/mol. The number of carbonyl (C=O) groups excluding carboxylic acids is 2. The second kappa shape index (κ2) is 9.47. The van der Waals surface area contributed by atoms with Crippen molar-refractivity contribution in [3.63, 3.8) is 0 Å². The molecule has 6 heteroatoms. The molecule has 30 heavy (non-hydrogen) atoms. The molecule has 2 aliphatic heterocycles. The number of likely N-dealkylation sites (tertiary alicyclic amines) is 1. The normalized spacial score (nSPS) is 18.3. The molecule has 0 atom stereocenters. The zero-order valence-corrected chi connectivity index (χ0v) is 17.8. The molecule has 2 amide bonds. The first-order chi connectivity index (χ1) is 14.6. The summed E-state index contributed by atoms with van der Waals surface area (Å²) >= 11 is 0. The molecule has 2 heterocycles. The van der Waals surface area contributed by atoms with Crippen molar-refractivity contribution in [2.24, 2.45) is 0 Å². The number of ether oxygens (including phenoxy) is 1. The Hall–Kier alpha value is -2.60. The lowest BCUT2D eigenvalue weighted by Crippen LogP contribution is -2.51. The van der Waals surface area contributed by atoms with Crippen LogP contribution in [0.15, 0.2) is 36.4 Å². The molecular formula is C24H31N3O3. The van der Waals surface area contributed by atoms with Crippen LogP contribution in [0.1, 0.15) is 36.0 Å². The van der Waals surface area contributed by atoms with Crippen molar-refractivity contribution in [1.29, 1.82) is 0 Å². The van der Waals surface area contributed by atoms with Gasteiger partial charge >= 0.3 is 0 Å². The van der Waals surface area contributed by atoms with Crippen LogP contribution < -0.4 is 4.74 Å². The van der Waals surface area contributed by atoms with E-state index in [0.29, 0.717) is 25.2 Å². The van der Waals surface area contributed by atoms with Crippen LogP contribution in [0.25, 0.3) is 10.8 Å². The van der Waals surface area contributed by atoms with Crippen molar-refractivity contribution < 1.29 is 14.3 Å². The van der Waals surface area contributed by atoms with Crippen molar-refractivity contribution in [2.45, 2.75) is 25.7 Å². The van der Waals surface area contributed by atoms with E-state index in [0.717, 1.165) is 55.5 Å². The van der Waals surface area contributed by atoms with E-state index in [4.69, 9.17) is 4.74 Å². The van der Waals surface area contributed by atoms with Crippen molar-refractivity contribution in [3.05, 3.63) is 42.0 Å². The van der Waals surface area contributed by atoms with Crippen molar-refractivity contribution in [3.8, 4) is 5.75 Å². The highest BCUT2D eigenvalue weighted by molar-refractivity contribution is 5.99. The van der Waals surface area contributed by atoms with Gasteiger partial charge in [0.2, 0.25) is 5.91 Å². The van der Waals surface area contributed by atoms with E-state index in [1.807, 2.05) is 46.2 Å². The van der Waals surface area contributed by atoms with Gasteiger partial charge in [-0.1, -0.05) is 25.0 Å². The van der Waals surface area contributed by atoms with Gasteiger partial charge in [-0.25, -0.2) is 0 Å². The number of nitrogens with zero attached hydrogens (tertiary/aromatic N) is 3. The number of methoxy groups -OCH3 is 1. The average Bonchev–Trinajstić information content (AvgIpc) is 3.08. The summed E-state index contributed by atoms with van der Waals surface area (Å²) in [6, 6.07) is 11.7. The van der Waals surface area contributed by atoms with Crippen molar-refractivity contribution >= 4 is 22.6 Å². The van der Waals surface area contributed by atoms with Gasteiger partial charge in [0, 0.05) is 44.8 Å². The number of rotatable bonds is 4. The fourth-order valence-electron chi connectivity index (χ4n) is 4.39. The quantitative estimate of drug-likeness (QED) is 0.779. The van der Waals surface area contributed by atoms with E-state index in [-0.39, 0.29) is 11.8 Å². The monoisotopic (exact) mass is 409 g/mol. The van der Waals surface area contributed by atoms with Crippen LogP contribution in [0.4, 0.5) is 0 Å². The molecule has 4 rings (SSSR count). The number of piperazine rings is 1. The highest BCUT2D eigenvalue weighted by atomic mass is 16.5. The van der Waals surface area contributed by atoms with Gasteiger partial charge in [-0.15, -0.1) is 0 Å². The van der Waals surface area contributed by atoms with Crippen LogP contribution in [0.3, 0.4) is 0 Å². The van der Waals surface area contributed by atoms with Gasteiger partial charge in [-0.05, 0) is 47.9 Å². The number of fused-ring (bicyclic) bond motifs is 1. The first-order valence-electron chi connectivity index (χ1n) is 11.0. The number of hydrogen-bond donors (Lipinski definition) is 0. The van der Waals surface area contributed by atoms with Crippen LogP contribution in [-0.2, 0) is 4.79 Å². The second-order valence-corrected chi connectivity index (χ2v) is 8.29. The third kappa shape index (κ3) is 4.75. The first-order valence-corrected chi connectivity index (χ1v) is 11.0. The summed E-state index contributed by atoms with van der Waals surface area (Å²) in [5.74, 6) is 1.11. The number of hydrogen-bond acceptors (Lipinski definition) is 4. The third-order valence-corrected chi connectivity index (χ3v) is 6.27. The van der Waals surface area contributed by atoms with Gasteiger partial charge in [0.05, 0.1) is 13.7 Å². The van der Waals surface area contributed by atoms with E-state index < -0.39 is 0 Å². The Labute approximate surface area is 178 Å². The van der Waals surface area contributed by atoms with Gasteiger partial charge in [-0.3, -0.25) is 14.5 Å². The van der Waals surface area contributed by atoms with Gasteiger partial charge in [0.15, 0.2) is 0 Å². The number of carbonyl (C=O) groups is 2. The molecule has 2 aromatic carbocycles. The number of benzene rings is 2. The molecule has 0 aromatic heterocycles. The largest absolute Gasteiger partial charge is 0.497 e. The SMILES string of the molecule is COc1ccc2cc(C(=O)N3CCN(CC(=O)N4CCCCCC4)CC3)ccc2c1. The minimum atomic E-state index is 0.0613. The molecule has 0 spiro atoms. The van der Waals surface area contributed by atoms with Crippen molar-refractivity contribution in [2.75, 3.05) is 52.9 Å². The highest BCUT2D eigenvalue weighted by Crippen LogP contribution is 2.23. The molecular weight excluding hydrogens is 378 g/mol. The van der Waals surface area contributed by atoms with Gasteiger partial charge in [0.25, 0.3) is 5.91 Å². The zero-order valence-electron chi connectivity index (χ0n) is 17.8. The van der Waals surface area contributed by atoms with Gasteiger partial charge in [-0.2, -0.15) is 0 Å². The summed E-state index contributed by atoms with van der Waals surface area (Å²) in [7, 11) is 1.65. The maximum atomic E-state index is 13.0. The number of amides is 2. The Morgan fingerprint density at radius 3 is 2.17 bits per heavy atom. The Bertz CT molecular complexity index is 898. The van der Waals surface area contributed by atoms with E-state index in [1.165, 1.54) is 12.8 Å². The summed E-state index contributed by atoms with van der Waals surface area (Å²) < 4.78 is 5.27. The van der Waals surface area contributed by atoms with E-state index >= 15 is 0 Å². The van der Waals surface area contributed by atoms with Crippen LogP contribution in [-0.4, -0.2) is 79.4 Å². The summed E-state index contributed by atoms with van der Waals surface area (Å²) in [4.78, 5) is 31.7. The smallest absolute Gasteiger partial charge is 0.253 e. The molecule has 2 aliphatic rings. The molecule has 2 fully saturated rings. The molecule has 2 aromatic rings. The van der Waals surface area contributed by atoms with Crippen LogP contribution in [0.5, 0.6) is 5.75 Å². The molecule has 0 aliphatic carbocycles. The van der Waals surface area contributed by atoms with E-state index in [1.54, 1.807) is 7.11 Å². The molecule has 6 nitrogen and oxygen atoms in total. The van der Waals surface area contributed by atoms with Crippen LogP contribution in [0, 0.1) is 0 Å². The maximum Gasteiger partial charge on any atom is 0.253 e. The molecule has 2 saturated heterocycles. The predicted octanol–water partition coefficient (Wildman–Crippen LogP) is 3.01. The Morgan fingerprint density at radius 2 is 1.47 bits per heavy atom. The van der Waals surface area contributed by atoms with Gasteiger partial charge in [0.1, 0.15) is 5.75 Å². The highest BCUT2D eigenvalue weighted by Gasteiger charge is 2.25. The zero-order chi connectivity index (χ0) is 20.9. The molecule has 0 saturated carbocycles. The lowest BCUT2D eigenvalue weighted by molar-refractivity contribution is -0.132. The summed E-state index contributed by atoms with van der Waals surface area (Å²) in [5, 5.41) is 2.09. The summed E-state index contributed by atoms with van der Waals surface area (Å²) in [5.41, 5.74) is 0.710. The maximum absolute atomic E-state index is 13.0. The Morgan fingerprint density at radius 1 is 0.800 bits per heavy atom. The summed E-state index contributed by atoms with van der Waals surface area (Å²) in [6.45, 7) is 5.07. The minimum Gasteiger partial charge on any atom is -0.497 e. The minimum absolute atomic E-state index is 0.0613. The lowest BCUT2D eigenvalue weighted by Gasteiger charge is -2.35. The predicted molar refractivity (Wildman–Crippen MR) is 118 cm³/mol.